The van der Waals surface area contributed by atoms with Crippen molar-refractivity contribution in [3.05, 3.63) is 0 Å². The number of hydrogen-bond donors (Lipinski definition) is 0. The van der Waals surface area contributed by atoms with Gasteiger partial charge in [-0.3, -0.25) is 0 Å². The molecule has 40 valence electrons. The van der Waals surface area contributed by atoms with Crippen molar-refractivity contribution in [2.45, 2.75) is 19.2 Å². The first-order valence-corrected chi connectivity index (χ1v) is 2.12. The predicted octanol–water partition coefficient (Wildman–Crippen LogP) is 0.554. The zero-order valence-corrected chi connectivity index (χ0v) is 3.96. The molecular weight excluding hydrogens is 92.1 g/mol. The van der Waals surface area contributed by atoms with Gasteiger partial charge in [0.1, 0.15) is 12.6 Å². The Kier molecular flexibility index (Phi) is 3.43. The van der Waals surface area contributed by atoms with E-state index in [2.05, 4.69) is 0 Å². The number of carbonyl (C=O) groups excluding carboxylic acids is 2. The zero-order valence-electron chi connectivity index (χ0n) is 4.96. The Bertz CT molecular complexity index is 82.5. The van der Waals surface area contributed by atoms with Gasteiger partial charge in [-0.1, -0.05) is 0 Å². The van der Waals surface area contributed by atoms with Crippen LogP contribution in [-0.4, -0.2) is 12.6 Å². The molecule has 0 fully saturated rings. The SMILES string of the molecule is [2H]C(C=O)CCC=O. The Morgan fingerprint density at radius 2 is 2.14 bits per heavy atom. The van der Waals surface area contributed by atoms with Crippen molar-refractivity contribution in [3.8, 4) is 0 Å². The van der Waals surface area contributed by atoms with Crippen molar-refractivity contribution in [2.24, 2.45) is 0 Å². The van der Waals surface area contributed by atoms with Crippen LogP contribution in [0.1, 0.15) is 20.6 Å². The van der Waals surface area contributed by atoms with Gasteiger partial charge in [0.25, 0.3) is 0 Å². The molecule has 1 unspecified atom stereocenters. The molecule has 0 spiro atoms. The van der Waals surface area contributed by atoms with Crippen LogP contribution in [0.3, 0.4) is 0 Å². The van der Waals surface area contributed by atoms with Crippen LogP contribution >= 0.6 is 0 Å². The number of aldehydes is 2. The Labute approximate surface area is 43.9 Å². The Morgan fingerprint density at radius 3 is 2.57 bits per heavy atom. The maximum absolute atomic E-state index is 9.71. The normalized spacial score (nSPS) is 14.6. The summed E-state index contributed by atoms with van der Waals surface area (Å²) in [4.78, 5) is 19.3. The summed E-state index contributed by atoms with van der Waals surface area (Å²) in [6.07, 6.45) is 1.20. The lowest BCUT2D eigenvalue weighted by molar-refractivity contribution is -0.108. The summed E-state index contributed by atoms with van der Waals surface area (Å²) in [6.45, 7) is 0. The summed E-state index contributed by atoms with van der Waals surface area (Å²) in [7, 11) is 0. The first kappa shape index (κ1) is 4.50. The minimum atomic E-state index is -0.708. The smallest absolute Gasteiger partial charge is 0.120 e. The summed E-state index contributed by atoms with van der Waals surface area (Å²) in [6, 6.07) is 0. The summed E-state index contributed by atoms with van der Waals surface area (Å²) >= 11 is 0. The molecular formula is C5H8O2. The van der Waals surface area contributed by atoms with E-state index in [4.69, 9.17) is 1.37 Å². The second-order valence-corrected chi connectivity index (χ2v) is 1.12. The van der Waals surface area contributed by atoms with Gasteiger partial charge >= 0.3 is 0 Å². The molecule has 0 aliphatic carbocycles. The molecule has 0 heterocycles. The van der Waals surface area contributed by atoms with Gasteiger partial charge < -0.3 is 9.59 Å². The van der Waals surface area contributed by atoms with Crippen LogP contribution in [0.25, 0.3) is 0 Å². The second-order valence-electron chi connectivity index (χ2n) is 1.12. The van der Waals surface area contributed by atoms with Gasteiger partial charge in [-0.2, -0.15) is 0 Å². The molecule has 0 radical (unpaired) electrons. The van der Waals surface area contributed by atoms with Crippen molar-refractivity contribution in [3.63, 3.8) is 0 Å². The summed E-state index contributed by atoms with van der Waals surface area (Å²) in [5, 5.41) is 0. The van der Waals surface area contributed by atoms with Crippen LogP contribution in [-0.2, 0) is 9.59 Å². The van der Waals surface area contributed by atoms with Crippen LogP contribution < -0.4 is 0 Å². The van der Waals surface area contributed by atoms with Gasteiger partial charge in [-0.05, 0) is 6.42 Å². The van der Waals surface area contributed by atoms with Crippen molar-refractivity contribution in [2.75, 3.05) is 0 Å². The van der Waals surface area contributed by atoms with E-state index in [1.165, 1.54) is 0 Å². The predicted molar refractivity (Wildman–Crippen MR) is 26.0 cm³/mol. The molecule has 2 heteroatoms. The molecule has 0 aromatic carbocycles. The average Bonchev–Trinajstić information content (AvgIpc) is 1.83. The van der Waals surface area contributed by atoms with Gasteiger partial charge in [-0.25, -0.2) is 0 Å². The molecule has 0 amide bonds. The molecule has 7 heavy (non-hydrogen) atoms. The third-order valence-corrected chi connectivity index (χ3v) is 0.547. The van der Waals surface area contributed by atoms with Crippen molar-refractivity contribution < 1.29 is 11.0 Å². The minimum absolute atomic E-state index is 0.312. The quantitative estimate of drug-likeness (QED) is 0.485. The molecule has 0 saturated heterocycles. The highest BCUT2D eigenvalue weighted by molar-refractivity contribution is 5.52. The van der Waals surface area contributed by atoms with E-state index in [0.717, 1.165) is 0 Å². The Hall–Kier alpha value is -0.660. The number of hydrogen-bond acceptors (Lipinski definition) is 2. The van der Waals surface area contributed by atoms with Gasteiger partial charge in [-0.15, -0.1) is 0 Å². The first-order chi connectivity index (χ1) is 3.81. The Morgan fingerprint density at radius 1 is 1.43 bits per heavy atom. The highest BCUT2D eigenvalue weighted by atomic mass is 16.1. The molecule has 0 aromatic rings. The largest absolute Gasteiger partial charge is 0.303 e. The highest BCUT2D eigenvalue weighted by Crippen LogP contribution is 1.85. The van der Waals surface area contributed by atoms with Crippen LogP contribution in [0.2, 0.25) is 0 Å². The topological polar surface area (TPSA) is 34.1 Å². The van der Waals surface area contributed by atoms with Crippen molar-refractivity contribution in [1.82, 2.24) is 0 Å². The maximum Gasteiger partial charge on any atom is 0.120 e. The van der Waals surface area contributed by atoms with E-state index in [0.29, 0.717) is 25.4 Å². The summed E-state index contributed by atoms with van der Waals surface area (Å²) in [5.74, 6) is 0. The lowest BCUT2D eigenvalue weighted by Gasteiger charge is -1.78. The summed E-state index contributed by atoms with van der Waals surface area (Å²) in [5.41, 5.74) is 0. The summed E-state index contributed by atoms with van der Waals surface area (Å²) < 4.78 is 6.80. The molecule has 0 aliphatic heterocycles. The molecule has 0 saturated carbocycles. The first-order valence-electron chi connectivity index (χ1n) is 2.70. The van der Waals surface area contributed by atoms with E-state index in [1.807, 2.05) is 0 Å². The van der Waals surface area contributed by atoms with Gasteiger partial charge in [0, 0.05) is 14.2 Å². The van der Waals surface area contributed by atoms with Crippen LogP contribution in [0, 0.1) is 0 Å². The fourth-order valence-electron chi connectivity index (χ4n) is 0.232. The van der Waals surface area contributed by atoms with Crippen LogP contribution in [0.5, 0.6) is 0 Å². The van der Waals surface area contributed by atoms with Gasteiger partial charge in [0.05, 0.1) is 0 Å². The molecule has 0 rings (SSSR count). The average molecular weight is 101 g/mol. The minimum Gasteiger partial charge on any atom is -0.303 e. The van der Waals surface area contributed by atoms with E-state index in [-0.39, 0.29) is 0 Å². The van der Waals surface area contributed by atoms with E-state index in [9.17, 15) is 9.59 Å². The molecule has 1 atom stereocenters. The van der Waals surface area contributed by atoms with Gasteiger partial charge in [0.2, 0.25) is 0 Å². The van der Waals surface area contributed by atoms with Gasteiger partial charge in [0.15, 0.2) is 0 Å². The maximum atomic E-state index is 9.71. The monoisotopic (exact) mass is 101 g/mol. The van der Waals surface area contributed by atoms with Crippen molar-refractivity contribution >= 4 is 12.6 Å². The van der Waals surface area contributed by atoms with Crippen LogP contribution in [0.15, 0.2) is 0 Å². The van der Waals surface area contributed by atoms with Crippen LogP contribution in [0.4, 0.5) is 0 Å². The standard InChI is InChI=1S/C5H8O2/c6-4-2-1-3-5-7/h4-5H,1-3H2/i2D. The molecule has 0 N–H and O–H groups in total. The molecule has 0 aliphatic rings. The third kappa shape index (κ3) is 5.34. The Balaban J connectivity index is 3.09. The third-order valence-electron chi connectivity index (χ3n) is 0.547. The van der Waals surface area contributed by atoms with E-state index >= 15 is 0 Å². The lowest BCUT2D eigenvalue weighted by Crippen LogP contribution is -1.76. The van der Waals surface area contributed by atoms with E-state index in [1.54, 1.807) is 0 Å². The number of rotatable bonds is 4. The fraction of sp³-hybridized carbons (Fsp3) is 0.600. The molecule has 0 bridgehead atoms. The highest BCUT2D eigenvalue weighted by Gasteiger charge is 1.80. The molecule has 0 aromatic heterocycles. The van der Waals surface area contributed by atoms with Crippen molar-refractivity contribution in [1.29, 1.82) is 0 Å². The molecule has 2 nitrogen and oxygen atoms in total. The zero-order chi connectivity index (χ0) is 6.41. The number of carbonyl (C=O) groups is 2. The lowest BCUT2D eigenvalue weighted by atomic mass is 10.3. The fourth-order valence-corrected chi connectivity index (χ4v) is 0.232. The van der Waals surface area contributed by atoms with E-state index < -0.39 is 6.40 Å². The second kappa shape index (κ2) is 5.34.